The number of benzene rings is 2. The lowest BCUT2D eigenvalue weighted by Crippen LogP contribution is -2.69. The number of aliphatic hydroxyl groups is 1. The second-order valence-electron chi connectivity index (χ2n) is 14.9. The Morgan fingerprint density at radius 1 is 0.940 bits per heavy atom. The molecule has 1 spiro atoms. The number of nitrogens with one attached hydrogen (secondary N) is 2. The molecule has 4 heterocycles. The molecule has 3 aliphatic carbocycles. The first-order chi connectivity index (χ1) is 24.3. The molecule has 6 fully saturated rings. The Hall–Kier alpha value is -3.65. The lowest BCUT2D eigenvalue weighted by Gasteiger charge is -2.48. The van der Waals surface area contributed by atoms with Crippen molar-refractivity contribution in [2.24, 2.45) is 11.3 Å². The average molecular weight is 686 g/mol. The van der Waals surface area contributed by atoms with Crippen LogP contribution >= 0.6 is 0 Å². The number of carbonyl (C=O) groups excluding carboxylic acids is 3. The highest BCUT2D eigenvalue weighted by atomic mass is 16.8. The maximum absolute atomic E-state index is 14.4. The van der Waals surface area contributed by atoms with E-state index in [1.165, 1.54) is 0 Å². The summed E-state index contributed by atoms with van der Waals surface area (Å²) in [5, 5.41) is 16.2. The number of aliphatic hydroxyl groups excluding tert-OH is 1. The summed E-state index contributed by atoms with van der Waals surface area (Å²) in [6.07, 6.45) is 7.29. The Balaban J connectivity index is 0.964. The highest BCUT2D eigenvalue weighted by Gasteiger charge is 2.76. The molecule has 3 N–H and O–H groups in total. The molecule has 9 atom stereocenters. The number of amides is 2. The summed E-state index contributed by atoms with van der Waals surface area (Å²) in [7, 11) is 0. The molecule has 50 heavy (non-hydrogen) atoms. The van der Waals surface area contributed by atoms with Crippen molar-refractivity contribution >= 4 is 23.9 Å². The van der Waals surface area contributed by atoms with Crippen LogP contribution in [0.1, 0.15) is 54.4 Å². The number of carbonyl (C=O) groups is 3. The largest absolute Gasteiger partial charge is 0.458 e. The topological polar surface area (TPSA) is 148 Å². The van der Waals surface area contributed by atoms with Gasteiger partial charge in [0.25, 0.3) is 0 Å². The number of ether oxygens (including phenoxy) is 4. The van der Waals surface area contributed by atoms with Crippen molar-refractivity contribution in [3.8, 4) is 0 Å². The van der Waals surface area contributed by atoms with E-state index in [-0.39, 0.29) is 50.9 Å². The number of nitrogens with zero attached hydrogens (tertiary/aromatic N) is 1. The van der Waals surface area contributed by atoms with E-state index in [4.69, 9.17) is 28.9 Å². The minimum Gasteiger partial charge on any atom is -0.458 e. The summed E-state index contributed by atoms with van der Waals surface area (Å²) in [4.78, 5) is 47.2. The van der Waals surface area contributed by atoms with E-state index in [9.17, 15) is 14.4 Å². The molecule has 12 heteroatoms. The Kier molecular flexibility index (Phi) is 8.09. The van der Waals surface area contributed by atoms with Gasteiger partial charge in [-0.15, -0.1) is 0 Å². The third kappa shape index (κ3) is 5.57. The Labute approximate surface area is 290 Å². The van der Waals surface area contributed by atoms with Gasteiger partial charge < -0.3 is 34.7 Å². The molecule has 2 aromatic rings. The van der Waals surface area contributed by atoms with Crippen LogP contribution in [0.15, 0.2) is 54.6 Å². The van der Waals surface area contributed by atoms with Gasteiger partial charge in [-0.3, -0.25) is 19.2 Å². The average Bonchev–Trinajstić information content (AvgIpc) is 3.46. The van der Waals surface area contributed by atoms with Crippen molar-refractivity contribution in [1.29, 1.82) is 0 Å². The number of rotatable bonds is 10. The second-order valence-corrected chi connectivity index (χ2v) is 14.9. The monoisotopic (exact) mass is 685 g/mol. The van der Waals surface area contributed by atoms with Crippen molar-refractivity contribution < 1.29 is 43.3 Å². The standard InChI is InChI=1S/C38H43N3O9/c42-16-15-39-30(43)13-14-40-36(45)38-20-29-31-32(49-37(48-31)18-25-3-1-2-4-26(25)19-37)34(38)50-41(33(38)35(44)47-29)21-24-9-6-22(7-10-24)5-8-23-11-12-27-28(17-23)46-27/h1-10,23,27-29,31-34,42H,11-21H2,(H,39,43)(H,40,45). The van der Waals surface area contributed by atoms with Gasteiger partial charge in [-0.2, -0.15) is 5.06 Å². The summed E-state index contributed by atoms with van der Waals surface area (Å²) in [5.74, 6) is -1.62. The Morgan fingerprint density at radius 3 is 2.48 bits per heavy atom. The molecule has 7 aliphatic rings. The number of esters is 1. The predicted molar refractivity (Wildman–Crippen MR) is 177 cm³/mol. The first kappa shape index (κ1) is 32.3. The zero-order valence-electron chi connectivity index (χ0n) is 27.8. The third-order valence-electron chi connectivity index (χ3n) is 11.7. The number of hydroxylamine groups is 2. The molecule has 2 amide bonds. The van der Waals surface area contributed by atoms with Gasteiger partial charge in [0.05, 0.1) is 25.4 Å². The predicted octanol–water partition coefficient (Wildman–Crippen LogP) is 1.96. The van der Waals surface area contributed by atoms with Crippen LogP contribution < -0.4 is 10.6 Å². The third-order valence-corrected chi connectivity index (χ3v) is 11.7. The van der Waals surface area contributed by atoms with Crippen LogP contribution in [-0.4, -0.2) is 96.1 Å². The molecule has 12 nitrogen and oxygen atoms in total. The number of allylic oxidation sites excluding steroid dienone is 1. The van der Waals surface area contributed by atoms with Crippen molar-refractivity contribution in [3.05, 3.63) is 76.9 Å². The van der Waals surface area contributed by atoms with Crippen LogP contribution in [0.25, 0.3) is 6.08 Å². The number of fused-ring (bicyclic) bond motifs is 6. The molecule has 2 aromatic carbocycles. The lowest BCUT2D eigenvalue weighted by atomic mass is 9.62. The zero-order chi connectivity index (χ0) is 34.0. The highest BCUT2D eigenvalue weighted by molar-refractivity contribution is 5.94. The van der Waals surface area contributed by atoms with Crippen LogP contribution in [0.3, 0.4) is 0 Å². The van der Waals surface area contributed by atoms with Crippen LogP contribution in [0.2, 0.25) is 0 Å². The van der Waals surface area contributed by atoms with E-state index in [2.05, 4.69) is 47.1 Å². The van der Waals surface area contributed by atoms with Gasteiger partial charge in [0.2, 0.25) is 11.8 Å². The number of hydrogen-bond donors (Lipinski definition) is 3. The Morgan fingerprint density at radius 2 is 1.72 bits per heavy atom. The summed E-state index contributed by atoms with van der Waals surface area (Å²) < 4.78 is 25.3. The van der Waals surface area contributed by atoms with Gasteiger partial charge in [-0.05, 0) is 47.4 Å². The molecule has 9 rings (SSSR count). The molecule has 0 aromatic heterocycles. The number of hydrogen-bond acceptors (Lipinski definition) is 10. The van der Waals surface area contributed by atoms with Crippen molar-refractivity contribution in [2.75, 3.05) is 19.7 Å². The van der Waals surface area contributed by atoms with Gasteiger partial charge in [-0.1, -0.05) is 60.7 Å². The fourth-order valence-corrected chi connectivity index (χ4v) is 9.27. The maximum atomic E-state index is 14.4. The van der Waals surface area contributed by atoms with Crippen LogP contribution in [0.4, 0.5) is 0 Å². The molecule has 4 aliphatic heterocycles. The molecule has 2 bridgehead atoms. The van der Waals surface area contributed by atoms with E-state index >= 15 is 0 Å². The highest BCUT2D eigenvalue weighted by Crippen LogP contribution is 2.58. The maximum Gasteiger partial charge on any atom is 0.327 e. The zero-order valence-corrected chi connectivity index (χ0v) is 27.8. The van der Waals surface area contributed by atoms with E-state index in [1.54, 1.807) is 5.06 Å². The molecule has 264 valence electrons. The molecule has 4 saturated heterocycles. The summed E-state index contributed by atoms with van der Waals surface area (Å²) in [6, 6.07) is 15.3. The fraction of sp³-hybridized carbons (Fsp3) is 0.553. The summed E-state index contributed by atoms with van der Waals surface area (Å²) in [6.45, 7) is 0.277. The SMILES string of the molecule is O=C(CCNC(=O)C12CC3OC(=O)C1N(Cc1ccc(C=CC4CCC5OC5C4)cc1)OC2C1OC2(Cc4ccccc4C2)OC31)NCCO. The van der Waals surface area contributed by atoms with E-state index in [1.807, 2.05) is 24.3 Å². The summed E-state index contributed by atoms with van der Waals surface area (Å²) in [5.41, 5.74) is 2.97. The van der Waals surface area contributed by atoms with Crippen molar-refractivity contribution in [1.82, 2.24) is 15.7 Å². The van der Waals surface area contributed by atoms with Crippen LogP contribution in [0, 0.1) is 11.3 Å². The van der Waals surface area contributed by atoms with E-state index in [0.29, 0.717) is 31.0 Å². The van der Waals surface area contributed by atoms with Crippen LogP contribution in [0.5, 0.6) is 0 Å². The first-order valence-electron chi connectivity index (χ1n) is 18.0. The minimum absolute atomic E-state index is 0.0268. The fourth-order valence-electron chi connectivity index (χ4n) is 9.27. The summed E-state index contributed by atoms with van der Waals surface area (Å²) >= 11 is 0. The van der Waals surface area contributed by atoms with Gasteiger partial charge in [0.1, 0.15) is 29.8 Å². The molecule has 0 radical (unpaired) electrons. The van der Waals surface area contributed by atoms with E-state index < -0.39 is 47.6 Å². The minimum atomic E-state index is -1.32. The Bertz CT molecular complexity index is 1670. The van der Waals surface area contributed by atoms with Gasteiger partial charge in [0.15, 0.2) is 11.8 Å². The van der Waals surface area contributed by atoms with E-state index in [0.717, 1.165) is 41.5 Å². The van der Waals surface area contributed by atoms with Gasteiger partial charge in [0, 0.05) is 38.8 Å². The van der Waals surface area contributed by atoms with Gasteiger partial charge in [-0.25, -0.2) is 0 Å². The van der Waals surface area contributed by atoms with Crippen molar-refractivity contribution in [3.63, 3.8) is 0 Å². The molecular formula is C38H43N3O9. The quantitative estimate of drug-likeness (QED) is 0.251. The van der Waals surface area contributed by atoms with Crippen molar-refractivity contribution in [2.45, 2.75) is 99.9 Å². The molecule has 9 unspecified atom stereocenters. The van der Waals surface area contributed by atoms with Gasteiger partial charge >= 0.3 is 5.97 Å². The smallest absolute Gasteiger partial charge is 0.327 e. The first-order valence-corrected chi connectivity index (χ1v) is 18.0. The molecular weight excluding hydrogens is 642 g/mol. The lowest BCUT2D eigenvalue weighted by molar-refractivity contribution is -0.217. The normalized spacial score (nSPS) is 35.7. The van der Waals surface area contributed by atoms with Crippen LogP contribution in [-0.2, 0) is 57.6 Å². The number of epoxide rings is 1. The molecule has 2 saturated carbocycles. The second kappa shape index (κ2) is 12.5.